The van der Waals surface area contributed by atoms with E-state index in [0.29, 0.717) is 18.2 Å². The maximum atomic E-state index is 2.71. The summed E-state index contributed by atoms with van der Waals surface area (Å²) in [5, 5.41) is 0. The topological polar surface area (TPSA) is 9.72 Å². The molecule has 0 atom stereocenters. The van der Waals surface area contributed by atoms with Gasteiger partial charge in [-0.2, -0.15) is 0 Å². The molecular formula is C11H27N3Si. The van der Waals surface area contributed by atoms with Crippen molar-refractivity contribution in [2.45, 2.75) is 59.8 Å². The normalized spacial score (nSPS) is 29.2. The molecule has 0 spiro atoms. The Morgan fingerprint density at radius 2 is 1.53 bits per heavy atom. The van der Waals surface area contributed by atoms with Gasteiger partial charge in [0.2, 0.25) is 0 Å². The van der Waals surface area contributed by atoms with Gasteiger partial charge >= 0.3 is 0 Å². The molecular weight excluding hydrogens is 202 g/mol. The van der Waals surface area contributed by atoms with Crippen molar-refractivity contribution in [2.24, 2.45) is 0 Å². The van der Waals surface area contributed by atoms with Gasteiger partial charge in [-0.15, -0.1) is 0 Å². The molecule has 0 bridgehead atoms. The highest BCUT2D eigenvalue weighted by molar-refractivity contribution is 6.52. The van der Waals surface area contributed by atoms with Crippen LogP contribution < -0.4 is 0 Å². The number of rotatable bonds is 4. The lowest BCUT2D eigenvalue weighted by molar-refractivity contribution is 0.0253. The van der Waals surface area contributed by atoms with Crippen LogP contribution in [0.2, 0.25) is 0 Å². The smallest absolute Gasteiger partial charge is 0.275 e. The molecule has 1 aliphatic rings. The van der Waals surface area contributed by atoms with Crippen molar-refractivity contribution in [3.05, 3.63) is 0 Å². The van der Waals surface area contributed by atoms with E-state index in [9.17, 15) is 0 Å². The van der Waals surface area contributed by atoms with Gasteiger partial charge in [0.15, 0.2) is 0 Å². The van der Waals surface area contributed by atoms with E-state index in [1.54, 1.807) is 0 Å². The zero-order valence-electron chi connectivity index (χ0n) is 11.4. The minimum absolute atomic E-state index is 0.635. The Kier molecular flexibility index (Phi) is 4.35. The Bertz CT molecular complexity index is 192. The van der Waals surface area contributed by atoms with Crippen molar-refractivity contribution in [2.75, 3.05) is 13.6 Å². The van der Waals surface area contributed by atoms with Gasteiger partial charge < -0.3 is 4.57 Å². The third kappa shape index (κ3) is 2.28. The van der Waals surface area contributed by atoms with Crippen molar-refractivity contribution >= 4 is 9.28 Å². The van der Waals surface area contributed by atoms with E-state index < -0.39 is 9.28 Å². The van der Waals surface area contributed by atoms with Crippen LogP contribution in [0.15, 0.2) is 0 Å². The fourth-order valence-corrected chi connectivity index (χ4v) is 6.11. The predicted molar refractivity (Wildman–Crippen MR) is 68.9 cm³/mol. The SMILES string of the molecule is CCN(C)[SiH]1N(C(C)C)C(C)N1C(C)C. The average Bonchev–Trinajstić information content (AvgIpc) is 2.11. The monoisotopic (exact) mass is 229 g/mol. The maximum Gasteiger partial charge on any atom is 0.275 e. The van der Waals surface area contributed by atoms with Crippen LogP contribution in [-0.2, 0) is 0 Å². The fraction of sp³-hybridized carbons (Fsp3) is 1.00. The second kappa shape index (κ2) is 4.95. The highest BCUT2D eigenvalue weighted by Gasteiger charge is 2.49. The summed E-state index contributed by atoms with van der Waals surface area (Å²) in [5.41, 5.74) is 0. The third-order valence-electron chi connectivity index (χ3n) is 3.48. The quantitative estimate of drug-likeness (QED) is 0.676. The summed E-state index contributed by atoms with van der Waals surface area (Å²) in [6, 6.07) is 1.36. The van der Waals surface area contributed by atoms with E-state index in [4.69, 9.17) is 0 Å². The van der Waals surface area contributed by atoms with Gasteiger partial charge in [-0.25, -0.2) is 0 Å². The summed E-state index contributed by atoms with van der Waals surface area (Å²) in [7, 11) is 1.27. The molecule has 0 amide bonds. The lowest BCUT2D eigenvalue weighted by atomic mass is 10.3. The number of hydrogen-bond acceptors (Lipinski definition) is 3. The minimum atomic E-state index is -0.998. The Hall–Kier alpha value is 0.0969. The van der Waals surface area contributed by atoms with Gasteiger partial charge in [-0.05, 0) is 20.5 Å². The summed E-state index contributed by atoms with van der Waals surface area (Å²) in [6.07, 6.45) is 0.635. The van der Waals surface area contributed by atoms with E-state index in [1.165, 1.54) is 0 Å². The number of hydrogen-bond donors (Lipinski definition) is 0. The summed E-state index contributed by atoms with van der Waals surface area (Å²) >= 11 is 0. The van der Waals surface area contributed by atoms with Crippen LogP contribution in [0.25, 0.3) is 0 Å². The largest absolute Gasteiger partial charge is 0.305 e. The highest BCUT2D eigenvalue weighted by atomic mass is 28.3. The molecule has 1 aliphatic heterocycles. The van der Waals surface area contributed by atoms with E-state index >= 15 is 0 Å². The molecule has 0 unspecified atom stereocenters. The highest BCUT2D eigenvalue weighted by Crippen LogP contribution is 2.29. The molecule has 0 aliphatic carbocycles. The third-order valence-corrected chi connectivity index (χ3v) is 7.76. The lowest BCUT2D eigenvalue weighted by Gasteiger charge is -2.61. The number of nitrogens with zero attached hydrogens (tertiary/aromatic N) is 3. The second-order valence-electron chi connectivity index (χ2n) is 5.13. The Morgan fingerprint density at radius 3 is 1.80 bits per heavy atom. The zero-order valence-corrected chi connectivity index (χ0v) is 12.5. The Morgan fingerprint density at radius 1 is 1.13 bits per heavy atom. The first-order chi connectivity index (χ1) is 6.91. The van der Waals surface area contributed by atoms with Gasteiger partial charge in [0.1, 0.15) is 0 Å². The van der Waals surface area contributed by atoms with Crippen LogP contribution in [0, 0.1) is 0 Å². The van der Waals surface area contributed by atoms with Crippen LogP contribution >= 0.6 is 0 Å². The van der Waals surface area contributed by atoms with Gasteiger partial charge in [-0.1, -0.05) is 34.6 Å². The minimum Gasteiger partial charge on any atom is -0.305 e. The van der Waals surface area contributed by atoms with Gasteiger partial charge in [0, 0.05) is 12.1 Å². The molecule has 0 N–H and O–H groups in total. The first kappa shape index (κ1) is 13.2. The Balaban J connectivity index is 2.76. The molecule has 1 fully saturated rings. The van der Waals surface area contributed by atoms with Crippen LogP contribution in [0.4, 0.5) is 0 Å². The predicted octanol–water partition coefficient (Wildman–Crippen LogP) is 1.44. The van der Waals surface area contributed by atoms with Crippen molar-refractivity contribution in [1.29, 1.82) is 0 Å². The second-order valence-corrected chi connectivity index (χ2v) is 7.90. The average molecular weight is 229 g/mol. The Labute approximate surface area is 96.9 Å². The molecule has 0 aromatic carbocycles. The van der Waals surface area contributed by atoms with Crippen molar-refractivity contribution in [3.8, 4) is 0 Å². The molecule has 90 valence electrons. The first-order valence-electron chi connectivity index (χ1n) is 6.16. The molecule has 4 heteroatoms. The van der Waals surface area contributed by atoms with Crippen LogP contribution in [-0.4, -0.2) is 54.8 Å². The molecule has 15 heavy (non-hydrogen) atoms. The van der Waals surface area contributed by atoms with Crippen molar-refractivity contribution in [3.63, 3.8) is 0 Å². The van der Waals surface area contributed by atoms with E-state index in [0.717, 1.165) is 6.54 Å². The lowest BCUT2D eigenvalue weighted by Crippen LogP contribution is -2.81. The molecule has 3 nitrogen and oxygen atoms in total. The van der Waals surface area contributed by atoms with E-state index in [-0.39, 0.29) is 0 Å². The van der Waals surface area contributed by atoms with Crippen molar-refractivity contribution in [1.82, 2.24) is 13.7 Å². The summed E-state index contributed by atoms with van der Waals surface area (Å²) < 4.78 is 7.98. The first-order valence-corrected chi connectivity index (χ1v) is 7.71. The fourth-order valence-electron chi connectivity index (χ4n) is 2.64. The van der Waals surface area contributed by atoms with E-state index in [1.807, 2.05) is 0 Å². The van der Waals surface area contributed by atoms with Gasteiger partial charge in [-0.3, -0.25) is 9.13 Å². The summed E-state index contributed by atoms with van der Waals surface area (Å²) in [5.74, 6) is 0. The van der Waals surface area contributed by atoms with Crippen LogP contribution in [0.3, 0.4) is 0 Å². The summed E-state index contributed by atoms with van der Waals surface area (Å²) in [6.45, 7) is 15.0. The zero-order chi connectivity index (χ0) is 11.7. The maximum absolute atomic E-state index is 2.71. The van der Waals surface area contributed by atoms with E-state index in [2.05, 4.69) is 62.3 Å². The van der Waals surface area contributed by atoms with Crippen LogP contribution in [0.5, 0.6) is 0 Å². The molecule has 0 aromatic heterocycles. The summed E-state index contributed by atoms with van der Waals surface area (Å²) in [4.78, 5) is 0. The molecule has 1 rings (SSSR count). The van der Waals surface area contributed by atoms with Crippen molar-refractivity contribution < 1.29 is 0 Å². The van der Waals surface area contributed by atoms with Gasteiger partial charge in [0.05, 0.1) is 6.17 Å². The molecule has 0 radical (unpaired) electrons. The molecule has 1 saturated heterocycles. The van der Waals surface area contributed by atoms with Gasteiger partial charge in [0.25, 0.3) is 9.28 Å². The molecule has 0 aromatic rings. The standard InChI is InChI=1S/C11H27N3Si/c1-8-12(7)15-13(9(2)3)11(6)14(15)10(4)5/h9-11,15H,8H2,1-7H3. The van der Waals surface area contributed by atoms with Crippen LogP contribution in [0.1, 0.15) is 41.5 Å². The molecule has 0 saturated carbocycles. The molecule has 1 heterocycles.